The molecule has 3 rings (SSSR count). The third-order valence-corrected chi connectivity index (χ3v) is 4.16. The van der Waals surface area contributed by atoms with Crippen molar-refractivity contribution in [1.29, 1.82) is 0 Å². The molecule has 3 heterocycles. The predicted octanol–water partition coefficient (Wildman–Crippen LogP) is 2.03. The van der Waals surface area contributed by atoms with E-state index < -0.39 is 0 Å². The molecule has 0 bridgehead atoms. The molecule has 7 heteroatoms. The monoisotopic (exact) mass is 324 g/mol. The number of halogens is 1. The molecular formula is C15H21ClN4O2. The molecule has 2 aromatic rings. The Morgan fingerprint density at radius 3 is 2.86 bits per heavy atom. The van der Waals surface area contributed by atoms with Crippen LogP contribution >= 0.6 is 12.4 Å². The second-order valence-electron chi connectivity index (χ2n) is 5.46. The largest absolute Gasteiger partial charge is 0.339 e. The van der Waals surface area contributed by atoms with E-state index in [0.717, 1.165) is 43.4 Å². The number of aromatic nitrogens is 2. The fourth-order valence-electron chi connectivity index (χ4n) is 2.81. The van der Waals surface area contributed by atoms with E-state index in [9.17, 15) is 4.79 Å². The van der Waals surface area contributed by atoms with Crippen molar-refractivity contribution in [3.63, 3.8) is 0 Å². The summed E-state index contributed by atoms with van der Waals surface area (Å²) < 4.78 is 5.16. The zero-order valence-electron chi connectivity index (χ0n) is 12.8. The van der Waals surface area contributed by atoms with E-state index in [1.807, 2.05) is 24.9 Å². The lowest BCUT2D eigenvalue weighted by atomic mass is 10.0. The number of aryl methyl sites for hydroxylation is 1. The van der Waals surface area contributed by atoms with Gasteiger partial charge in [-0.15, -0.1) is 12.4 Å². The normalized spacial score (nSPS) is 15.5. The lowest BCUT2D eigenvalue weighted by Crippen LogP contribution is -2.43. The fraction of sp³-hybridized carbons (Fsp3) is 0.533. The summed E-state index contributed by atoms with van der Waals surface area (Å²) in [6.45, 7) is 3.93. The van der Waals surface area contributed by atoms with Gasteiger partial charge in [-0.3, -0.25) is 4.79 Å². The Hall–Kier alpha value is -1.66. The van der Waals surface area contributed by atoms with Gasteiger partial charge in [-0.2, -0.15) is 0 Å². The molecule has 0 radical (unpaired) electrons. The molecule has 0 spiro atoms. The summed E-state index contributed by atoms with van der Waals surface area (Å²) in [6, 6.07) is 2.14. The van der Waals surface area contributed by atoms with Gasteiger partial charge < -0.3 is 14.7 Å². The second kappa shape index (κ2) is 7.07. The zero-order valence-corrected chi connectivity index (χ0v) is 13.7. The summed E-state index contributed by atoms with van der Waals surface area (Å²) in [7, 11) is 1.87. The van der Waals surface area contributed by atoms with Gasteiger partial charge >= 0.3 is 0 Å². The number of piperidine rings is 1. The van der Waals surface area contributed by atoms with Crippen LogP contribution in [0.1, 0.15) is 35.8 Å². The zero-order chi connectivity index (χ0) is 14.8. The average Bonchev–Trinajstić information content (AvgIpc) is 2.96. The average molecular weight is 325 g/mol. The maximum absolute atomic E-state index is 12.6. The molecule has 0 saturated carbocycles. The minimum atomic E-state index is 0. The molecule has 1 aliphatic rings. The molecule has 0 atom stereocenters. The number of nitrogens with one attached hydrogen (secondary N) is 1. The van der Waals surface area contributed by atoms with E-state index in [1.54, 1.807) is 6.20 Å². The van der Waals surface area contributed by atoms with Crippen molar-refractivity contribution < 1.29 is 9.32 Å². The highest BCUT2D eigenvalue weighted by Crippen LogP contribution is 2.20. The Morgan fingerprint density at radius 1 is 1.45 bits per heavy atom. The van der Waals surface area contributed by atoms with Gasteiger partial charge in [0.05, 0.1) is 16.6 Å². The molecule has 1 aliphatic heterocycles. The number of fused-ring (bicyclic) bond motifs is 1. The van der Waals surface area contributed by atoms with Crippen LogP contribution in [0.2, 0.25) is 0 Å². The highest BCUT2D eigenvalue weighted by molar-refractivity contribution is 5.97. The van der Waals surface area contributed by atoms with E-state index in [4.69, 9.17) is 4.52 Å². The molecule has 120 valence electrons. The first-order chi connectivity index (χ1) is 10.2. The van der Waals surface area contributed by atoms with Crippen molar-refractivity contribution >= 4 is 29.4 Å². The lowest BCUT2D eigenvalue weighted by Gasteiger charge is -2.31. The quantitative estimate of drug-likeness (QED) is 0.935. The van der Waals surface area contributed by atoms with Crippen molar-refractivity contribution in [3.8, 4) is 0 Å². The van der Waals surface area contributed by atoms with Crippen molar-refractivity contribution in [2.75, 3.05) is 20.1 Å². The van der Waals surface area contributed by atoms with Crippen LogP contribution in [0.3, 0.4) is 0 Å². The molecule has 1 saturated heterocycles. The van der Waals surface area contributed by atoms with Crippen LogP contribution in [0.4, 0.5) is 0 Å². The summed E-state index contributed by atoms with van der Waals surface area (Å²) in [5.74, 6) is 0.0135. The smallest absolute Gasteiger partial charge is 0.257 e. The molecule has 6 nitrogen and oxygen atoms in total. The number of nitrogens with zero attached hydrogens (tertiary/aromatic N) is 3. The van der Waals surface area contributed by atoms with Gasteiger partial charge in [0.15, 0.2) is 0 Å². The standard InChI is InChI=1S/C15H20N4O2.ClH/c1-3-13-12-8-10(9-17-14(12)21-18-13)15(20)19(2)11-4-6-16-7-5-11;/h8-9,11,16H,3-7H2,1-2H3;1H. The maximum atomic E-state index is 12.6. The highest BCUT2D eigenvalue weighted by Gasteiger charge is 2.23. The van der Waals surface area contributed by atoms with Gasteiger partial charge in [-0.05, 0) is 38.4 Å². The van der Waals surface area contributed by atoms with Crippen molar-refractivity contribution in [2.45, 2.75) is 32.2 Å². The molecule has 0 aliphatic carbocycles. The predicted molar refractivity (Wildman–Crippen MR) is 86.4 cm³/mol. The second-order valence-corrected chi connectivity index (χ2v) is 5.46. The van der Waals surface area contributed by atoms with Crippen molar-refractivity contribution in [1.82, 2.24) is 20.4 Å². The van der Waals surface area contributed by atoms with Gasteiger partial charge in [0.25, 0.3) is 11.6 Å². The van der Waals surface area contributed by atoms with E-state index in [-0.39, 0.29) is 18.3 Å². The van der Waals surface area contributed by atoms with Crippen molar-refractivity contribution in [3.05, 3.63) is 23.5 Å². The first kappa shape index (κ1) is 16.7. The third kappa shape index (κ3) is 3.08. The number of rotatable bonds is 3. The van der Waals surface area contributed by atoms with E-state index in [0.29, 0.717) is 17.3 Å². The first-order valence-corrected chi connectivity index (χ1v) is 7.43. The summed E-state index contributed by atoms with van der Waals surface area (Å²) in [4.78, 5) is 18.7. The van der Waals surface area contributed by atoms with E-state index >= 15 is 0 Å². The molecule has 0 unspecified atom stereocenters. The van der Waals surface area contributed by atoms with E-state index in [2.05, 4.69) is 15.5 Å². The number of carbonyl (C=O) groups excluding carboxylic acids is 1. The van der Waals surface area contributed by atoms with E-state index in [1.165, 1.54) is 0 Å². The SMILES string of the molecule is CCc1noc2ncc(C(=O)N(C)C3CCNCC3)cc12.Cl. The fourth-order valence-corrected chi connectivity index (χ4v) is 2.81. The Morgan fingerprint density at radius 2 is 2.18 bits per heavy atom. The summed E-state index contributed by atoms with van der Waals surface area (Å²) in [5.41, 5.74) is 1.94. The molecule has 1 N–H and O–H groups in total. The minimum absolute atomic E-state index is 0. The summed E-state index contributed by atoms with van der Waals surface area (Å²) in [5, 5.41) is 8.13. The molecule has 1 fully saturated rings. The van der Waals surface area contributed by atoms with Gasteiger partial charge in [-0.25, -0.2) is 4.98 Å². The van der Waals surface area contributed by atoms with Crippen LogP contribution in [0.15, 0.2) is 16.8 Å². The lowest BCUT2D eigenvalue weighted by molar-refractivity contribution is 0.0703. The number of pyridine rings is 1. The summed E-state index contributed by atoms with van der Waals surface area (Å²) >= 11 is 0. The molecule has 2 aromatic heterocycles. The highest BCUT2D eigenvalue weighted by atomic mass is 35.5. The Labute approximate surface area is 135 Å². The minimum Gasteiger partial charge on any atom is -0.339 e. The van der Waals surface area contributed by atoms with Gasteiger partial charge in [0.1, 0.15) is 0 Å². The molecule has 0 aromatic carbocycles. The third-order valence-electron chi connectivity index (χ3n) is 4.16. The van der Waals surface area contributed by atoms with Crippen LogP contribution in [-0.2, 0) is 6.42 Å². The van der Waals surface area contributed by atoms with Crippen molar-refractivity contribution in [2.24, 2.45) is 0 Å². The number of hydrogen-bond acceptors (Lipinski definition) is 5. The van der Waals surface area contributed by atoms with Crippen LogP contribution in [-0.4, -0.2) is 47.1 Å². The van der Waals surface area contributed by atoms with Gasteiger partial charge in [0, 0.05) is 19.3 Å². The van der Waals surface area contributed by atoms with Crippen LogP contribution in [0.25, 0.3) is 11.1 Å². The number of amides is 1. The Balaban J connectivity index is 0.00000176. The topological polar surface area (TPSA) is 71.3 Å². The molecule has 22 heavy (non-hydrogen) atoms. The van der Waals surface area contributed by atoms with Gasteiger partial charge in [0.2, 0.25) is 0 Å². The summed E-state index contributed by atoms with van der Waals surface area (Å²) in [6.07, 6.45) is 4.32. The van der Waals surface area contributed by atoms with Crippen LogP contribution < -0.4 is 5.32 Å². The maximum Gasteiger partial charge on any atom is 0.257 e. The van der Waals surface area contributed by atoms with Crippen LogP contribution in [0.5, 0.6) is 0 Å². The Kier molecular flexibility index (Phi) is 5.37. The number of hydrogen-bond donors (Lipinski definition) is 1. The van der Waals surface area contributed by atoms with Gasteiger partial charge in [-0.1, -0.05) is 12.1 Å². The molecular weight excluding hydrogens is 304 g/mol. The number of carbonyl (C=O) groups is 1. The van der Waals surface area contributed by atoms with Crippen LogP contribution in [0, 0.1) is 0 Å². The first-order valence-electron chi connectivity index (χ1n) is 7.43. The Bertz CT molecular complexity index is 652. The molecule has 1 amide bonds.